The van der Waals surface area contributed by atoms with Crippen LogP contribution in [-0.2, 0) is 9.53 Å². The molecule has 0 saturated heterocycles. The van der Waals surface area contributed by atoms with Crippen molar-refractivity contribution in [2.24, 2.45) is 0 Å². The Morgan fingerprint density at radius 2 is 1.78 bits per heavy atom. The molecule has 0 spiro atoms. The summed E-state index contributed by atoms with van der Waals surface area (Å²) >= 11 is 5.89. The number of ether oxygens (including phenoxy) is 2. The molecule has 1 heterocycles. The van der Waals surface area contributed by atoms with Gasteiger partial charge in [-0.3, -0.25) is 9.59 Å². The first-order valence-electron chi connectivity index (χ1n) is 8.48. The van der Waals surface area contributed by atoms with E-state index in [4.69, 9.17) is 21.1 Å². The third kappa shape index (κ3) is 4.77. The van der Waals surface area contributed by atoms with Crippen LogP contribution in [0.5, 0.6) is 5.75 Å². The second-order valence-electron chi connectivity index (χ2n) is 6.34. The van der Waals surface area contributed by atoms with Crippen LogP contribution in [0.25, 0.3) is 0 Å². The average molecular weight is 392 g/mol. The molecule has 0 amide bonds. The summed E-state index contributed by atoms with van der Waals surface area (Å²) in [6.07, 6.45) is -1.95. The van der Waals surface area contributed by atoms with Crippen molar-refractivity contribution in [3.05, 3.63) is 51.8 Å². The number of hydrogen-bond donors (Lipinski definition) is 1. The Bertz CT molecular complexity index is 886. The third-order valence-electron chi connectivity index (χ3n) is 4.14. The highest BCUT2D eigenvalue weighted by Crippen LogP contribution is 2.21. The van der Waals surface area contributed by atoms with Crippen molar-refractivity contribution in [2.45, 2.75) is 46.8 Å². The Kier molecular flexibility index (Phi) is 6.44. The number of ketones is 2. The maximum Gasteiger partial charge on any atom is 0.347 e. The fourth-order valence-electron chi connectivity index (χ4n) is 2.84. The first-order valence-corrected chi connectivity index (χ1v) is 8.86. The maximum absolute atomic E-state index is 12.6. The van der Waals surface area contributed by atoms with Gasteiger partial charge in [0.1, 0.15) is 5.75 Å². The Morgan fingerprint density at radius 3 is 2.33 bits per heavy atom. The number of esters is 1. The predicted octanol–water partition coefficient (Wildman–Crippen LogP) is 4.07. The molecule has 0 fully saturated rings. The van der Waals surface area contributed by atoms with E-state index in [-0.39, 0.29) is 11.5 Å². The van der Waals surface area contributed by atoms with Gasteiger partial charge in [0.05, 0.1) is 5.69 Å². The number of aromatic nitrogens is 1. The highest BCUT2D eigenvalue weighted by Gasteiger charge is 2.28. The molecule has 2 unspecified atom stereocenters. The third-order valence-corrected chi connectivity index (χ3v) is 4.37. The van der Waals surface area contributed by atoms with E-state index >= 15 is 0 Å². The number of halogens is 1. The normalized spacial score (nSPS) is 13.0. The van der Waals surface area contributed by atoms with Crippen LogP contribution in [0.3, 0.4) is 0 Å². The molecule has 0 radical (unpaired) electrons. The first kappa shape index (κ1) is 20.7. The number of Topliss-reactive ketones (excluding diaryl/α,β-unsaturated/α-hetero) is 2. The molecular weight excluding hydrogens is 370 g/mol. The second kappa shape index (κ2) is 8.39. The molecule has 0 saturated carbocycles. The van der Waals surface area contributed by atoms with Crippen molar-refractivity contribution in [1.29, 1.82) is 0 Å². The van der Waals surface area contributed by atoms with Gasteiger partial charge in [0.15, 0.2) is 18.0 Å². The molecule has 6 nitrogen and oxygen atoms in total. The summed E-state index contributed by atoms with van der Waals surface area (Å²) in [7, 11) is 0. The number of aryl methyl sites for hydroxylation is 1. The summed E-state index contributed by atoms with van der Waals surface area (Å²) in [5.41, 5.74) is 1.91. The Balaban J connectivity index is 2.06. The molecule has 2 atom stereocenters. The molecule has 1 N–H and O–H groups in total. The minimum absolute atomic E-state index is 0.131. The molecule has 2 rings (SSSR count). The topological polar surface area (TPSA) is 85.5 Å². The number of carbonyl (C=O) groups excluding carboxylic acids is 3. The monoisotopic (exact) mass is 391 g/mol. The number of H-pyrrole nitrogens is 1. The van der Waals surface area contributed by atoms with Crippen molar-refractivity contribution in [2.75, 3.05) is 0 Å². The fraction of sp³-hybridized carbons (Fsp3) is 0.350. The van der Waals surface area contributed by atoms with Gasteiger partial charge in [0.25, 0.3) is 0 Å². The Labute approximate surface area is 162 Å². The summed E-state index contributed by atoms with van der Waals surface area (Å²) in [5.74, 6) is -0.795. The van der Waals surface area contributed by atoms with E-state index in [0.29, 0.717) is 27.6 Å². The number of hydrogen-bond acceptors (Lipinski definition) is 5. The molecule has 1 aromatic heterocycles. The SMILES string of the molecule is CC(=O)c1c(C)[nH]c(C(=O)C(C)OC(=O)C(C)Oc2cccc(Cl)c2)c1C. The van der Waals surface area contributed by atoms with Crippen LogP contribution in [-0.4, -0.2) is 34.7 Å². The van der Waals surface area contributed by atoms with E-state index in [1.807, 2.05) is 0 Å². The summed E-state index contributed by atoms with van der Waals surface area (Å²) in [6.45, 7) is 7.86. The summed E-state index contributed by atoms with van der Waals surface area (Å²) in [6, 6.07) is 6.63. The van der Waals surface area contributed by atoms with E-state index in [2.05, 4.69) is 4.98 Å². The van der Waals surface area contributed by atoms with Gasteiger partial charge in [-0.25, -0.2) is 4.79 Å². The van der Waals surface area contributed by atoms with E-state index in [1.54, 1.807) is 38.1 Å². The zero-order chi connectivity index (χ0) is 20.3. The summed E-state index contributed by atoms with van der Waals surface area (Å²) < 4.78 is 10.7. The number of benzene rings is 1. The van der Waals surface area contributed by atoms with Crippen molar-refractivity contribution in [3.8, 4) is 5.75 Å². The fourth-order valence-corrected chi connectivity index (χ4v) is 3.02. The van der Waals surface area contributed by atoms with Crippen LogP contribution >= 0.6 is 11.6 Å². The van der Waals surface area contributed by atoms with E-state index < -0.39 is 24.0 Å². The van der Waals surface area contributed by atoms with E-state index in [9.17, 15) is 14.4 Å². The van der Waals surface area contributed by atoms with Gasteiger partial charge in [0, 0.05) is 16.3 Å². The van der Waals surface area contributed by atoms with Crippen molar-refractivity contribution in [3.63, 3.8) is 0 Å². The largest absolute Gasteiger partial charge is 0.479 e. The lowest BCUT2D eigenvalue weighted by Crippen LogP contribution is -2.33. The zero-order valence-electron chi connectivity index (χ0n) is 15.9. The Hall–Kier alpha value is -2.60. The van der Waals surface area contributed by atoms with Crippen molar-refractivity contribution in [1.82, 2.24) is 4.98 Å². The number of carbonyl (C=O) groups is 3. The molecule has 0 aliphatic rings. The Morgan fingerprint density at radius 1 is 1.11 bits per heavy atom. The minimum atomic E-state index is -1.03. The summed E-state index contributed by atoms with van der Waals surface area (Å²) in [4.78, 5) is 39.5. The van der Waals surface area contributed by atoms with Gasteiger partial charge < -0.3 is 14.5 Å². The van der Waals surface area contributed by atoms with E-state index in [0.717, 1.165) is 0 Å². The molecule has 2 aromatic rings. The first-order chi connectivity index (χ1) is 12.6. The zero-order valence-corrected chi connectivity index (χ0v) is 16.6. The van der Waals surface area contributed by atoms with Crippen LogP contribution < -0.4 is 4.74 Å². The smallest absolute Gasteiger partial charge is 0.347 e. The van der Waals surface area contributed by atoms with Crippen molar-refractivity contribution >= 4 is 29.1 Å². The number of aromatic amines is 1. The van der Waals surface area contributed by atoms with Crippen LogP contribution in [0.1, 0.15) is 52.9 Å². The van der Waals surface area contributed by atoms with Crippen LogP contribution in [0.4, 0.5) is 0 Å². The highest BCUT2D eigenvalue weighted by molar-refractivity contribution is 6.30. The lowest BCUT2D eigenvalue weighted by atomic mass is 10.0. The van der Waals surface area contributed by atoms with Gasteiger partial charge in [-0.05, 0) is 58.4 Å². The highest BCUT2D eigenvalue weighted by atomic mass is 35.5. The van der Waals surface area contributed by atoms with Crippen LogP contribution in [0.15, 0.2) is 24.3 Å². The molecular formula is C20H22ClNO5. The molecule has 1 aromatic carbocycles. The van der Waals surface area contributed by atoms with Gasteiger partial charge in [-0.15, -0.1) is 0 Å². The second-order valence-corrected chi connectivity index (χ2v) is 6.78. The minimum Gasteiger partial charge on any atom is -0.479 e. The van der Waals surface area contributed by atoms with Gasteiger partial charge in [0.2, 0.25) is 5.78 Å². The van der Waals surface area contributed by atoms with E-state index in [1.165, 1.54) is 20.8 Å². The average Bonchev–Trinajstić information content (AvgIpc) is 2.88. The standard InChI is InChI=1S/C20H22ClNO5/c1-10-17(12(3)23)11(2)22-18(10)19(24)13(4)27-20(25)14(5)26-16-8-6-7-15(21)9-16/h6-9,13-14,22H,1-5H3. The molecule has 0 aliphatic heterocycles. The van der Waals surface area contributed by atoms with Crippen molar-refractivity contribution < 1.29 is 23.9 Å². The summed E-state index contributed by atoms with van der Waals surface area (Å²) in [5, 5.41) is 0.482. The molecule has 27 heavy (non-hydrogen) atoms. The molecule has 0 bridgehead atoms. The predicted molar refractivity (Wildman–Crippen MR) is 102 cm³/mol. The molecule has 0 aliphatic carbocycles. The van der Waals surface area contributed by atoms with Gasteiger partial charge in [-0.1, -0.05) is 17.7 Å². The quantitative estimate of drug-likeness (QED) is 0.568. The maximum atomic E-state index is 12.6. The lowest BCUT2D eigenvalue weighted by Gasteiger charge is -2.17. The number of rotatable bonds is 7. The molecule has 7 heteroatoms. The molecule has 144 valence electrons. The van der Waals surface area contributed by atoms with Crippen LogP contribution in [0, 0.1) is 13.8 Å². The lowest BCUT2D eigenvalue weighted by molar-refractivity contribution is -0.153. The van der Waals surface area contributed by atoms with Gasteiger partial charge >= 0.3 is 5.97 Å². The van der Waals surface area contributed by atoms with Gasteiger partial charge in [-0.2, -0.15) is 0 Å². The number of nitrogens with one attached hydrogen (secondary N) is 1. The van der Waals surface area contributed by atoms with Crippen LogP contribution in [0.2, 0.25) is 5.02 Å².